The van der Waals surface area contributed by atoms with Crippen molar-refractivity contribution in [1.82, 2.24) is 0 Å². The lowest BCUT2D eigenvalue weighted by atomic mass is 10.3. The highest BCUT2D eigenvalue weighted by molar-refractivity contribution is 5.87. The van der Waals surface area contributed by atoms with E-state index in [4.69, 9.17) is 4.74 Å². The SMILES string of the molecule is C=C(C)C(=O)OC(C)C(O)[N+](C)(C)C.[Cl-]. The molecule has 0 aromatic rings. The number of quaternary nitrogens is 1. The van der Waals surface area contributed by atoms with Gasteiger partial charge in [-0.3, -0.25) is 0 Å². The molecule has 0 aromatic carbocycles. The van der Waals surface area contributed by atoms with Crippen LogP contribution < -0.4 is 12.4 Å². The van der Waals surface area contributed by atoms with Crippen molar-refractivity contribution >= 4 is 5.97 Å². The Balaban J connectivity index is 0. The molecule has 5 heteroatoms. The number of aliphatic hydroxyl groups excluding tert-OH is 1. The number of aliphatic hydroxyl groups is 1. The normalized spacial score (nSPS) is 14.8. The molecule has 0 bridgehead atoms. The standard InChI is InChI=1S/C10H20NO3.ClH/c1-7(2)10(13)14-8(3)9(12)11(4,5)6;/h8-9,12H,1H2,2-6H3;1H/q+1;/p-1. The van der Waals surface area contributed by atoms with E-state index in [2.05, 4.69) is 6.58 Å². The Morgan fingerprint density at radius 2 is 1.80 bits per heavy atom. The van der Waals surface area contributed by atoms with E-state index in [1.54, 1.807) is 13.8 Å². The second-order valence-corrected chi connectivity index (χ2v) is 4.42. The summed E-state index contributed by atoms with van der Waals surface area (Å²) in [5.74, 6) is -0.468. The number of likely N-dealkylation sites (N-methyl/N-ethyl adjacent to an activating group) is 1. The topological polar surface area (TPSA) is 46.5 Å². The van der Waals surface area contributed by atoms with Gasteiger partial charge in [-0.15, -0.1) is 0 Å². The van der Waals surface area contributed by atoms with Crippen LogP contribution in [0.1, 0.15) is 13.8 Å². The van der Waals surface area contributed by atoms with Gasteiger partial charge < -0.3 is 26.7 Å². The molecular weight excluding hydrogens is 218 g/mol. The van der Waals surface area contributed by atoms with Gasteiger partial charge in [-0.25, -0.2) is 4.79 Å². The first-order valence-electron chi connectivity index (χ1n) is 4.52. The molecule has 0 aromatic heterocycles. The number of carbonyl (C=O) groups excluding carboxylic acids is 1. The third kappa shape index (κ3) is 5.77. The van der Waals surface area contributed by atoms with Crippen molar-refractivity contribution in [3.8, 4) is 0 Å². The Labute approximate surface area is 97.5 Å². The quantitative estimate of drug-likeness (QED) is 0.255. The van der Waals surface area contributed by atoms with Gasteiger partial charge in [0.05, 0.1) is 21.1 Å². The maximum atomic E-state index is 11.1. The highest BCUT2D eigenvalue weighted by atomic mass is 35.5. The van der Waals surface area contributed by atoms with Crippen molar-refractivity contribution in [2.75, 3.05) is 21.1 Å². The summed E-state index contributed by atoms with van der Waals surface area (Å²) in [5.41, 5.74) is 0.338. The van der Waals surface area contributed by atoms with Crippen LogP contribution in [0.5, 0.6) is 0 Å². The Kier molecular flexibility index (Phi) is 6.85. The summed E-state index contributed by atoms with van der Waals surface area (Å²) in [4.78, 5) is 11.1. The zero-order valence-corrected chi connectivity index (χ0v) is 10.7. The van der Waals surface area contributed by atoms with Gasteiger partial charge >= 0.3 is 5.97 Å². The molecule has 0 radical (unpaired) electrons. The van der Waals surface area contributed by atoms with Crippen LogP contribution in [0.15, 0.2) is 12.2 Å². The monoisotopic (exact) mass is 237 g/mol. The highest BCUT2D eigenvalue weighted by Gasteiger charge is 2.30. The predicted molar refractivity (Wildman–Crippen MR) is 54.4 cm³/mol. The molecule has 15 heavy (non-hydrogen) atoms. The molecule has 2 atom stereocenters. The second-order valence-electron chi connectivity index (χ2n) is 4.42. The minimum Gasteiger partial charge on any atom is -1.00 e. The van der Waals surface area contributed by atoms with E-state index in [0.717, 1.165) is 0 Å². The maximum absolute atomic E-state index is 11.1. The number of carbonyl (C=O) groups is 1. The average molecular weight is 238 g/mol. The van der Waals surface area contributed by atoms with Gasteiger partial charge in [0.2, 0.25) is 6.23 Å². The van der Waals surface area contributed by atoms with Crippen molar-refractivity contribution < 1.29 is 31.5 Å². The van der Waals surface area contributed by atoms with Crippen LogP contribution in [0.3, 0.4) is 0 Å². The molecule has 90 valence electrons. The lowest BCUT2D eigenvalue weighted by Crippen LogP contribution is -3.00. The number of halogens is 1. The zero-order chi connectivity index (χ0) is 11.5. The van der Waals surface area contributed by atoms with Gasteiger partial charge in [0.25, 0.3) is 0 Å². The largest absolute Gasteiger partial charge is 1.00 e. The minimum atomic E-state index is -0.738. The van der Waals surface area contributed by atoms with E-state index in [0.29, 0.717) is 10.1 Å². The van der Waals surface area contributed by atoms with Gasteiger partial charge in [-0.05, 0) is 13.8 Å². The number of hydrogen-bond acceptors (Lipinski definition) is 3. The molecule has 0 spiro atoms. The van der Waals surface area contributed by atoms with E-state index in [9.17, 15) is 9.90 Å². The lowest BCUT2D eigenvalue weighted by Gasteiger charge is -2.33. The van der Waals surface area contributed by atoms with Crippen molar-refractivity contribution in [2.24, 2.45) is 0 Å². The molecule has 0 aliphatic rings. The van der Waals surface area contributed by atoms with Gasteiger partial charge in [0.1, 0.15) is 0 Å². The summed E-state index contributed by atoms with van der Waals surface area (Å²) < 4.78 is 5.32. The minimum absolute atomic E-state index is 0. The van der Waals surface area contributed by atoms with E-state index in [1.165, 1.54) is 0 Å². The number of esters is 1. The second kappa shape index (κ2) is 6.10. The predicted octanol–water partition coefficient (Wildman–Crippen LogP) is -2.48. The third-order valence-electron chi connectivity index (χ3n) is 1.85. The third-order valence-corrected chi connectivity index (χ3v) is 1.85. The molecular formula is C10H20ClNO3. The van der Waals surface area contributed by atoms with Crippen LogP contribution in [-0.4, -0.2) is 49.0 Å². The summed E-state index contributed by atoms with van der Waals surface area (Å²) >= 11 is 0. The molecule has 0 saturated heterocycles. The smallest absolute Gasteiger partial charge is 0.333 e. The fourth-order valence-corrected chi connectivity index (χ4v) is 0.960. The van der Waals surface area contributed by atoms with Gasteiger partial charge in [-0.1, -0.05) is 6.58 Å². The summed E-state index contributed by atoms with van der Waals surface area (Å²) in [6.45, 7) is 6.71. The summed E-state index contributed by atoms with van der Waals surface area (Å²) in [7, 11) is 5.49. The van der Waals surface area contributed by atoms with Gasteiger partial charge in [0, 0.05) is 5.57 Å². The number of rotatable bonds is 4. The van der Waals surface area contributed by atoms with Crippen molar-refractivity contribution in [3.63, 3.8) is 0 Å². The van der Waals surface area contributed by atoms with Crippen molar-refractivity contribution in [2.45, 2.75) is 26.2 Å². The molecule has 0 aliphatic carbocycles. The van der Waals surface area contributed by atoms with E-state index in [-0.39, 0.29) is 12.4 Å². The lowest BCUT2D eigenvalue weighted by molar-refractivity contribution is -0.922. The average Bonchev–Trinajstić information content (AvgIpc) is 2.00. The highest BCUT2D eigenvalue weighted by Crippen LogP contribution is 2.09. The summed E-state index contributed by atoms with van der Waals surface area (Å²) in [6, 6.07) is 0. The zero-order valence-electron chi connectivity index (χ0n) is 9.95. The van der Waals surface area contributed by atoms with Gasteiger partial charge in [-0.2, -0.15) is 0 Å². The van der Waals surface area contributed by atoms with Crippen LogP contribution in [0.2, 0.25) is 0 Å². The van der Waals surface area contributed by atoms with E-state index >= 15 is 0 Å². The fourth-order valence-electron chi connectivity index (χ4n) is 0.960. The Hall–Kier alpha value is -0.580. The molecule has 0 aliphatic heterocycles. The molecule has 2 unspecified atom stereocenters. The molecule has 1 N–H and O–H groups in total. The fraction of sp³-hybridized carbons (Fsp3) is 0.700. The van der Waals surface area contributed by atoms with Crippen LogP contribution in [0.25, 0.3) is 0 Å². The number of hydrogen-bond donors (Lipinski definition) is 1. The summed E-state index contributed by atoms with van der Waals surface area (Å²) in [6.07, 6.45) is -1.28. The molecule has 0 rings (SSSR count). The Bertz CT molecular complexity index is 235. The maximum Gasteiger partial charge on any atom is 0.333 e. The molecule has 4 nitrogen and oxygen atoms in total. The van der Waals surface area contributed by atoms with Crippen molar-refractivity contribution in [3.05, 3.63) is 12.2 Å². The number of nitrogens with zero attached hydrogens (tertiary/aromatic N) is 1. The van der Waals surface area contributed by atoms with Crippen molar-refractivity contribution in [1.29, 1.82) is 0 Å². The molecule has 0 heterocycles. The molecule has 0 saturated carbocycles. The van der Waals surface area contributed by atoms with Crippen LogP contribution in [-0.2, 0) is 9.53 Å². The first-order valence-corrected chi connectivity index (χ1v) is 4.52. The van der Waals surface area contributed by atoms with Crippen LogP contribution >= 0.6 is 0 Å². The Morgan fingerprint density at radius 1 is 1.40 bits per heavy atom. The van der Waals surface area contributed by atoms with Crippen LogP contribution in [0, 0.1) is 0 Å². The first-order chi connectivity index (χ1) is 6.16. The molecule has 0 fully saturated rings. The van der Waals surface area contributed by atoms with Gasteiger partial charge in [0.15, 0.2) is 6.10 Å². The first kappa shape index (κ1) is 16.8. The molecule has 0 amide bonds. The summed E-state index contributed by atoms with van der Waals surface area (Å²) in [5, 5.41) is 9.75. The number of ether oxygens (including phenoxy) is 1. The van der Waals surface area contributed by atoms with E-state index < -0.39 is 18.3 Å². The van der Waals surface area contributed by atoms with E-state index in [1.807, 2.05) is 21.1 Å². The van der Waals surface area contributed by atoms with Crippen LogP contribution in [0.4, 0.5) is 0 Å². The Morgan fingerprint density at radius 3 is 2.07 bits per heavy atom.